The van der Waals surface area contributed by atoms with Crippen molar-refractivity contribution in [3.8, 4) is 0 Å². The summed E-state index contributed by atoms with van der Waals surface area (Å²) in [5.41, 5.74) is 0.490. The number of aromatic nitrogens is 2. The van der Waals surface area contributed by atoms with Crippen LogP contribution in [0.4, 0.5) is 10.2 Å². The number of rotatable bonds is 4. The predicted octanol–water partition coefficient (Wildman–Crippen LogP) is 1.83. The van der Waals surface area contributed by atoms with E-state index < -0.39 is 0 Å². The molecule has 3 rings (SSSR count). The molecule has 1 aromatic heterocycles. The molecule has 1 atom stereocenters. The fourth-order valence-corrected chi connectivity index (χ4v) is 2.62. The second-order valence-corrected chi connectivity index (χ2v) is 5.19. The van der Waals surface area contributed by atoms with E-state index in [4.69, 9.17) is 0 Å². The number of hydrogen-bond donors (Lipinski definition) is 1. The largest absolute Gasteiger partial charge is 0.363 e. The second kappa shape index (κ2) is 4.80. The number of nitrogens with one attached hydrogen (secondary N) is 1. The molecular weight excluding hydrogens is 231 g/mol. The topological polar surface area (TPSA) is 41.1 Å². The van der Waals surface area contributed by atoms with Crippen LogP contribution in [-0.4, -0.2) is 40.0 Å². The molecule has 1 unspecified atom stereocenters. The fraction of sp³-hybridized carbons (Fsp3) is 0.692. The number of hydrogen-bond acceptors (Lipinski definition) is 4. The van der Waals surface area contributed by atoms with Gasteiger partial charge in [-0.3, -0.25) is 4.90 Å². The van der Waals surface area contributed by atoms with Crippen LogP contribution in [0.2, 0.25) is 0 Å². The van der Waals surface area contributed by atoms with Gasteiger partial charge in [0.25, 0.3) is 0 Å². The molecule has 2 heterocycles. The molecule has 18 heavy (non-hydrogen) atoms. The lowest BCUT2D eigenvalue weighted by Gasteiger charge is -2.16. The van der Waals surface area contributed by atoms with Crippen LogP contribution in [0.5, 0.6) is 0 Å². The van der Waals surface area contributed by atoms with E-state index in [2.05, 4.69) is 20.2 Å². The Hall–Kier alpha value is -1.23. The Morgan fingerprint density at radius 1 is 1.39 bits per heavy atom. The smallest absolute Gasteiger partial charge is 0.186 e. The van der Waals surface area contributed by atoms with Gasteiger partial charge in [0.15, 0.2) is 11.6 Å². The van der Waals surface area contributed by atoms with Gasteiger partial charge in [-0.05, 0) is 25.7 Å². The quantitative estimate of drug-likeness (QED) is 0.885. The summed E-state index contributed by atoms with van der Waals surface area (Å²) >= 11 is 0. The van der Waals surface area contributed by atoms with E-state index >= 15 is 0 Å². The second-order valence-electron chi connectivity index (χ2n) is 5.19. The van der Waals surface area contributed by atoms with Crippen molar-refractivity contribution >= 4 is 5.82 Å². The predicted molar refractivity (Wildman–Crippen MR) is 68.0 cm³/mol. The van der Waals surface area contributed by atoms with Gasteiger partial charge in [-0.1, -0.05) is 6.92 Å². The molecule has 1 N–H and O–H groups in total. The van der Waals surface area contributed by atoms with Crippen LogP contribution in [-0.2, 0) is 6.42 Å². The maximum atomic E-state index is 14.0. The Kier molecular flexibility index (Phi) is 3.16. The van der Waals surface area contributed by atoms with Crippen molar-refractivity contribution in [1.82, 2.24) is 14.9 Å². The molecule has 1 aromatic rings. The Bertz CT molecular complexity index is 433. The first-order valence-electron chi connectivity index (χ1n) is 6.78. The first-order chi connectivity index (χ1) is 8.78. The summed E-state index contributed by atoms with van der Waals surface area (Å²) in [5.74, 6) is 0.0781. The molecule has 98 valence electrons. The van der Waals surface area contributed by atoms with Crippen molar-refractivity contribution in [3.05, 3.63) is 17.8 Å². The third kappa shape index (κ3) is 2.32. The third-order valence-electron chi connectivity index (χ3n) is 3.82. The van der Waals surface area contributed by atoms with Crippen molar-refractivity contribution in [2.24, 2.45) is 0 Å². The van der Waals surface area contributed by atoms with E-state index in [1.807, 2.05) is 6.92 Å². The van der Waals surface area contributed by atoms with Crippen molar-refractivity contribution in [2.45, 2.75) is 44.7 Å². The molecular formula is C13H19FN4. The summed E-state index contributed by atoms with van der Waals surface area (Å²) in [6.45, 7) is 4.03. The lowest BCUT2D eigenvalue weighted by molar-refractivity contribution is 0.326. The Morgan fingerprint density at radius 2 is 2.22 bits per heavy atom. The summed E-state index contributed by atoms with van der Waals surface area (Å²) in [7, 11) is 0. The molecule has 2 fully saturated rings. The highest BCUT2D eigenvalue weighted by atomic mass is 19.1. The summed E-state index contributed by atoms with van der Waals surface area (Å²) in [6, 6.07) is 1.11. The Labute approximate surface area is 107 Å². The number of likely N-dealkylation sites (tertiary alicyclic amines) is 1. The van der Waals surface area contributed by atoms with Crippen LogP contribution in [0.25, 0.3) is 0 Å². The molecule has 0 bridgehead atoms. The zero-order valence-corrected chi connectivity index (χ0v) is 10.7. The van der Waals surface area contributed by atoms with E-state index in [1.165, 1.54) is 19.2 Å². The highest BCUT2D eigenvalue weighted by molar-refractivity contribution is 5.38. The third-order valence-corrected chi connectivity index (χ3v) is 3.82. The highest BCUT2D eigenvalue weighted by Crippen LogP contribution is 2.30. The van der Waals surface area contributed by atoms with Crippen LogP contribution in [0, 0.1) is 5.82 Å². The van der Waals surface area contributed by atoms with Crippen LogP contribution < -0.4 is 5.32 Å². The number of anilines is 1. The van der Waals surface area contributed by atoms with Gasteiger partial charge in [-0.2, -0.15) is 0 Å². The van der Waals surface area contributed by atoms with Gasteiger partial charge in [0.05, 0.1) is 5.69 Å². The minimum absolute atomic E-state index is 0.287. The Morgan fingerprint density at radius 3 is 2.94 bits per heavy atom. The van der Waals surface area contributed by atoms with Gasteiger partial charge >= 0.3 is 0 Å². The lowest BCUT2D eigenvalue weighted by Crippen LogP contribution is -2.28. The van der Waals surface area contributed by atoms with Crippen molar-refractivity contribution in [3.63, 3.8) is 0 Å². The molecule has 0 spiro atoms. The maximum Gasteiger partial charge on any atom is 0.186 e. The summed E-state index contributed by atoms with van der Waals surface area (Å²) in [4.78, 5) is 10.5. The normalized spacial score (nSPS) is 24.4. The van der Waals surface area contributed by atoms with E-state index in [0.717, 1.165) is 25.6 Å². The number of halogens is 1. The van der Waals surface area contributed by atoms with Crippen LogP contribution in [0.15, 0.2) is 6.33 Å². The molecule has 0 radical (unpaired) electrons. The maximum absolute atomic E-state index is 14.0. The van der Waals surface area contributed by atoms with Crippen LogP contribution in [0.1, 0.15) is 31.9 Å². The fourth-order valence-electron chi connectivity index (χ4n) is 2.62. The molecule has 1 saturated carbocycles. The SMILES string of the molecule is CCc1ncnc(NC2CCN(C3CC3)C2)c1F. The molecule has 0 aromatic carbocycles. The van der Waals surface area contributed by atoms with Crippen molar-refractivity contribution in [2.75, 3.05) is 18.4 Å². The van der Waals surface area contributed by atoms with Gasteiger partial charge in [0.1, 0.15) is 6.33 Å². The van der Waals surface area contributed by atoms with E-state index in [9.17, 15) is 4.39 Å². The molecule has 1 aliphatic heterocycles. The van der Waals surface area contributed by atoms with Gasteiger partial charge < -0.3 is 5.32 Å². The van der Waals surface area contributed by atoms with Gasteiger partial charge in [0, 0.05) is 25.2 Å². The minimum atomic E-state index is -0.287. The zero-order valence-electron chi connectivity index (χ0n) is 10.7. The zero-order chi connectivity index (χ0) is 12.5. The van der Waals surface area contributed by atoms with Crippen LogP contribution >= 0.6 is 0 Å². The van der Waals surface area contributed by atoms with Gasteiger partial charge in [-0.15, -0.1) is 0 Å². The molecule has 1 saturated heterocycles. The van der Waals surface area contributed by atoms with Crippen molar-refractivity contribution in [1.29, 1.82) is 0 Å². The lowest BCUT2D eigenvalue weighted by atomic mass is 10.2. The van der Waals surface area contributed by atoms with Crippen LogP contribution in [0.3, 0.4) is 0 Å². The first kappa shape index (κ1) is 11.8. The monoisotopic (exact) mass is 250 g/mol. The molecule has 5 heteroatoms. The average Bonchev–Trinajstić information content (AvgIpc) is 3.13. The van der Waals surface area contributed by atoms with Gasteiger partial charge in [0.2, 0.25) is 0 Å². The standard InChI is InChI=1S/C13H19FN4/c1-2-11-12(14)13(16-8-15-11)17-9-5-6-18(7-9)10-3-4-10/h8-10H,2-7H2,1H3,(H,15,16,17). The minimum Gasteiger partial charge on any atom is -0.363 e. The Balaban J connectivity index is 1.65. The number of nitrogens with zero attached hydrogens (tertiary/aromatic N) is 3. The van der Waals surface area contributed by atoms with Crippen molar-refractivity contribution < 1.29 is 4.39 Å². The van der Waals surface area contributed by atoms with E-state index in [-0.39, 0.29) is 5.82 Å². The van der Waals surface area contributed by atoms with Gasteiger partial charge in [-0.25, -0.2) is 14.4 Å². The summed E-state index contributed by atoms with van der Waals surface area (Å²) in [6.07, 6.45) is 5.77. The first-order valence-corrected chi connectivity index (χ1v) is 6.78. The molecule has 4 nitrogen and oxygen atoms in total. The van der Waals surface area contributed by atoms with E-state index in [0.29, 0.717) is 24.0 Å². The highest BCUT2D eigenvalue weighted by Gasteiger charge is 2.34. The number of aryl methyl sites for hydroxylation is 1. The average molecular weight is 250 g/mol. The molecule has 2 aliphatic rings. The summed E-state index contributed by atoms with van der Waals surface area (Å²) in [5, 5.41) is 3.23. The van der Waals surface area contributed by atoms with E-state index in [1.54, 1.807) is 0 Å². The summed E-state index contributed by atoms with van der Waals surface area (Å²) < 4.78 is 14.0. The molecule has 1 aliphatic carbocycles. The molecule has 0 amide bonds.